The summed E-state index contributed by atoms with van der Waals surface area (Å²) in [6, 6.07) is 13.2. The van der Waals surface area contributed by atoms with Crippen molar-refractivity contribution >= 4 is 34.0 Å². The van der Waals surface area contributed by atoms with Crippen molar-refractivity contribution < 1.29 is 14.2 Å². The molecule has 1 N–H and O–H groups in total. The van der Waals surface area contributed by atoms with Crippen molar-refractivity contribution in [2.45, 2.75) is 25.6 Å². The zero-order valence-corrected chi connectivity index (χ0v) is 21.0. The SMILES string of the molecule is COc1cc(OC2CCN(C)CC2)c2c(Nc3ccc(OCc4ccncc4)c(Cl)c3)ncnc2c1. The summed E-state index contributed by atoms with van der Waals surface area (Å²) in [6.07, 6.45) is 7.04. The van der Waals surface area contributed by atoms with E-state index in [0.717, 1.165) is 48.1 Å². The van der Waals surface area contributed by atoms with E-state index in [0.29, 0.717) is 34.7 Å². The van der Waals surface area contributed by atoms with Gasteiger partial charge in [0.15, 0.2) is 0 Å². The zero-order chi connectivity index (χ0) is 24.9. The number of halogens is 1. The first kappa shape index (κ1) is 24.1. The van der Waals surface area contributed by atoms with Crippen molar-refractivity contribution in [2.75, 3.05) is 32.6 Å². The summed E-state index contributed by atoms with van der Waals surface area (Å²) in [5.41, 5.74) is 2.53. The van der Waals surface area contributed by atoms with Crippen molar-refractivity contribution in [1.82, 2.24) is 19.9 Å². The molecule has 2 aromatic heterocycles. The van der Waals surface area contributed by atoms with Crippen LogP contribution in [0, 0.1) is 0 Å². The lowest BCUT2D eigenvalue weighted by atomic mass is 10.1. The van der Waals surface area contributed by atoms with Crippen LogP contribution in [0.2, 0.25) is 5.02 Å². The summed E-state index contributed by atoms with van der Waals surface area (Å²) in [5.74, 6) is 2.62. The molecule has 2 aromatic carbocycles. The van der Waals surface area contributed by atoms with Crippen molar-refractivity contribution in [3.63, 3.8) is 0 Å². The van der Waals surface area contributed by atoms with Gasteiger partial charge in [-0.05, 0) is 55.8 Å². The molecule has 0 spiro atoms. The Hall–Kier alpha value is -3.62. The molecule has 1 aliphatic rings. The molecular weight excluding hydrogens is 478 g/mol. The van der Waals surface area contributed by atoms with Crippen LogP contribution in [0.25, 0.3) is 10.9 Å². The number of benzene rings is 2. The standard InChI is InChI=1S/C27H28ClN5O3/c1-33-11-7-20(8-12-33)36-25-15-21(34-2)14-23-26(25)27(31-17-30-23)32-19-3-4-24(22(28)13-19)35-16-18-5-9-29-10-6-18/h3-6,9-10,13-15,17,20H,7-8,11-12,16H2,1-2H3,(H,30,31,32). The average molecular weight is 506 g/mol. The van der Waals surface area contributed by atoms with E-state index in [2.05, 4.69) is 32.2 Å². The Kier molecular flexibility index (Phi) is 7.34. The summed E-state index contributed by atoms with van der Waals surface area (Å²) in [4.78, 5) is 15.3. The van der Waals surface area contributed by atoms with Gasteiger partial charge in [0.2, 0.25) is 0 Å². The molecule has 1 saturated heterocycles. The Morgan fingerprint density at radius 3 is 2.58 bits per heavy atom. The molecule has 0 saturated carbocycles. The lowest BCUT2D eigenvalue weighted by Crippen LogP contribution is -2.35. The van der Waals surface area contributed by atoms with E-state index < -0.39 is 0 Å². The maximum atomic E-state index is 6.54. The Morgan fingerprint density at radius 2 is 1.83 bits per heavy atom. The molecule has 9 heteroatoms. The van der Waals surface area contributed by atoms with Gasteiger partial charge >= 0.3 is 0 Å². The molecule has 0 atom stereocenters. The zero-order valence-electron chi connectivity index (χ0n) is 20.3. The molecule has 0 bridgehead atoms. The van der Waals surface area contributed by atoms with Gasteiger partial charge in [0.1, 0.15) is 42.1 Å². The number of rotatable bonds is 8. The summed E-state index contributed by atoms with van der Waals surface area (Å²) >= 11 is 6.54. The van der Waals surface area contributed by atoms with Crippen LogP contribution in [0.3, 0.4) is 0 Å². The minimum atomic E-state index is 0.121. The lowest BCUT2D eigenvalue weighted by molar-refractivity contribution is 0.115. The predicted molar refractivity (Wildman–Crippen MR) is 141 cm³/mol. The molecule has 186 valence electrons. The molecule has 0 unspecified atom stereocenters. The smallest absolute Gasteiger partial charge is 0.145 e. The van der Waals surface area contributed by atoms with Crippen LogP contribution in [-0.4, -0.2) is 53.2 Å². The number of nitrogens with one attached hydrogen (secondary N) is 1. The third kappa shape index (κ3) is 5.61. The number of hydrogen-bond donors (Lipinski definition) is 1. The number of aromatic nitrogens is 3. The molecular formula is C27H28ClN5O3. The van der Waals surface area contributed by atoms with Crippen LogP contribution in [0.1, 0.15) is 18.4 Å². The highest BCUT2D eigenvalue weighted by Gasteiger charge is 2.21. The monoisotopic (exact) mass is 505 g/mol. The Labute approximate surface area is 215 Å². The van der Waals surface area contributed by atoms with Crippen molar-refractivity contribution in [3.8, 4) is 17.2 Å². The molecule has 0 amide bonds. The summed E-state index contributed by atoms with van der Waals surface area (Å²) in [7, 11) is 3.77. The van der Waals surface area contributed by atoms with E-state index in [1.54, 1.807) is 19.5 Å². The Bertz CT molecular complexity index is 1330. The second-order valence-corrected chi connectivity index (χ2v) is 9.18. The highest BCUT2D eigenvalue weighted by atomic mass is 35.5. The maximum Gasteiger partial charge on any atom is 0.145 e. The molecule has 5 rings (SSSR count). The maximum absolute atomic E-state index is 6.54. The largest absolute Gasteiger partial charge is 0.497 e. The van der Waals surface area contributed by atoms with Crippen LogP contribution >= 0.6 is 11.6 Å². The molecule has 4 aromatic rings. The van der Waals surface area contributed by atoms with Crippen molar-refractivity contribution in [3.05, 3.63) is 71.8 Å². The molecule has 1 aliphatic heterocycles. The number of hydrogen-bond acceptors (Lipinski definition) is 8. The Balaban J connectivity index is 1.40. The fourth-order valence-electron chi connectivity index (χ4n) is 4.19. The first-order chi connectivity index (χ1) is 17.6. The summed E-state index contributed by atoms with van der Waals surface area (Å²) < 4.78 is 17.9. The normalized spacial score (nSPS) is 14.5. The number of fused-ring (bicyclic) bond motifs is 1. The van der Waals surface area contributed by atoms with Crippen molar-refractivity contribution in [1.29, 1.82) is 0 Å². The summed E-state index contributed by atoms with van der Waals surface area (Å²) in [6.45, 7) is 2.41. The average Bonchev–Trinajstić information content (AvgIpc) is 2.90. The number of ether oxygens (including phenoxy) is 3. The number of likely N-dealkylation sites (tertiary alicyclic amines) is 1. The van der Waals surface area contributed by atoms with E-state index in [9.17, 15) is 0 Å². The highest BCUT2D eigenvalue weighted by molar-refractivity contribution is 6.32. The molecule has 36 heavy (non-hydrogen) atoms. The quantitative estimate of drug-likeness (QED) is 0.337. The first-order valence-corrected chi connectivity index (χ1v) is 12.2. The third-order valence-electron chi connectivity index (χ3n) is 6.21. The molecule has 0 aliphatic carbocycles. The van der Waals surface area contributed by atoms with Gasteiger partial charge in [-0.3, -0.25) is 4.98 Å². The van der Waals surface area contributed by atoms with E-state index in [1.807, 2.05) is 42.5 Å². The van der Waals surface area contributed by atoms with Gasteiger partial charge in [-0.1, -0.05) is 11.6 Å². The van der Waals surface area contributed by atoms with E-state index >= 15 is 0 Å². The number of nitrogens with zero attached hydrogens (tertiary/aromatic N) is 4. The van der Waals surface area contributed by atoms with Crippen LogP contribution in [0.4, 0.5) is 11.5 Å². The van der Waals surface area contributed by atoms with E-state index in [-0.39, 0.29) is 6.10 Å². The van der Waals surface area contributed by atoms with Gasteiger partial charge in [-0.2, -0.15) is 0 Å². The second kappa shape index (κ2) is 11.0. The van der Waals surface area contributed by atoms with Gasteiger partial charge in [0.25, 0.3) is 0 Å². The number of pyridine rings is 1. The first-order valence-electron chi connectivity index (χ1n) is 11.9. The van der Waals surface area contributed by atoms with Gasteiger partial charge in [0, 0.05) is 43.3 Å². The fraction of sp³-hybridized carbons (Fsp3) is 0.296. The fourth-order valence-corrected chi connectivity index (χ4v) is 4.42. The van der Waals surface area contributed by atoms with Crippen LogP contribution in [0.5, 0.6) is 17.2 Å². The second-order valence-electron chi connectivity index (χ2n) is 8.78. The van der Waals surface area contributed by atoms with Gasteiger partial charge < -0.3 is 24.4 Å². The molecule has 3 heterocycles. The third-order valence-corrected chi connectivity index (χ3v) is 6.50. The van der Waals surface area contributed by atoms with Gasteiger partial charge in [-0.25, -0.2) is 9.97 Å². The van der Waals surface area contributed by atoms with E-state index in [4.69, 9.17) is 25.8 Å². The summed E-state index contributed by atoms with van der Waals surface area (Å²) in [5, 5.41) is 4.68. The van der Waals surface area contributed by atoms with E-state index in [1.165, 1.54) is 6.33 Å². The minimum absolute atomic E-state index is 0.121. The van der Waals surface area contributed by atoms with Crippen molar-refractivity contribution in [2.24, 2.45) is 0 Å². The lowest BCUT2D eigenvalue weighted by Gasteiger charge is -2.29. The van der Waals surface area contributed by atoms with Gasteiger partial charge in [-0.15, -0.1) is 0 Å². The van der Waals surface area contributed by atoms with Crippen LogP contribution in [0.15, 0.2) is 61.2 Å². The van der Waals surface area contributed by atoms with Crippen LogP contribution < -0.4 is 19.5 Å². The number of anilines is 2. The van der Waals surface area contributed by atoms with Crippen LogP contribution in [-0.2, 0) is 6.61 Å². The number of methoxy groups -OCH3 is 1. The Morgan fingerprint density at radius 1 is 1.03 bits per heavy atom. The minimum Gasteiger partial charge on any atom is -0.497 e. The topological polar surface area (TPSA) is 81.6 Å². The number of piperidine rings is 1. The predicted octanol–water partition coefficient (Wildman–Crippen LogP) is 5.48. The van der Waals surface area contributed by atoms with Gasteiger partial charge in [0.05, 0.1) is 23.0 Å². The molecule has 8 nitrogen and oxygen atoms in total. The molecule has 1 fully saturated rings. The highest BCUT2D eigenvalue weighted by Crippen LogP contribution is 2.37. The molecule has 0 radical (unpaired) electrons.